The minimum Gasteiger partial charge on any atom is -0.425 e. The van der Waals surface area contributed by atoms with Crippen LogP contribution in [0.4, 0.5) is 4.79 Å². The van der Waals surface area contributed by atoms with E-state index in [4.69, 9.17) is 4.74 Å². The van der Waals surface area contributed by atoms with E-state index in [0.29, 0.717) is 17.9 Å². The highest BCUT2D eigenvalue weighted by atomic mass is 16.8. The van der Waals surface area contributed by atoms with Gasteiger partial charge in [0, 0.05) is 32.6 Å². The van der Waals surface area contributed by atoms with Crippen LogP contribution in [0.1, 0.15) is 32.6 Å². The SMILES string of the molecule is CC1(COC(=O)ON2C(=O)CCC2=O)CCC=[N+]1O. The van der Waals surface area contributed by atoms with E-state index in [9.17, 15) is 19.6 Å². The van der Waals surface area contributed by atoms with Gasteiger partial charge in [0.1, 0.15) is 0 Å². The highest BCUT2D eigenvalue weighted by molar-refractivity contribution is 6.01. The molecule has 1 fully saturated rings. The molecular formula is C11H15N2O6+. The Morgan fingerprint density at radius 3 is 2.63 bits per heavy atom. The molecule has 0 aromatic heterocycles. The molecule has 2 amide bonds. The maximum Gasteiger partial charge on any atom is 0.534 e. The molecule has 0 bridgehead atoms. The molecule has 0 aliphatic carbocycles. The van der Waals surface area contributed by atoms with Gasteiger partial charge in [-0.1, -0.05) is 5.06 Å². The smallest absolute Gasteiger partial charge is 0.425 e. The number of rotatable bonds is 3. The van der Waals surface area contributed by atoms with Crippen molar-refractivity contribution in [2.75, 3.05) is 6.61 Å². The monoisotopic (exact) mass is 271 g/mol. The third kappa shape index (κ3) is 2.67. The van der Waals surface area contributed by atoms with E-state index in [0.717, 1.165) is 4.74 Å². The molecule has 1 unspecified atom stereocenters. The van der Waals surface area contributed by atoms with Crippen LogP contribution in [0.2, 0.25) is 0 Å². The lowest BCUT2D eigenvalue weighted by molar-refractivity contribution is -0.817. The Morgan fingerprint density at radius 1 is 1.47 bits per heavy atom. The molecule has 1 N–H and O–H groups in total. The summed E-state index contributed by atoms with van der Waals surface area (Å²) in [6.45, 7) is 1.62. The zero-order valence-electron chi connectivity index (χ0n) is 10.5. The summed E-state index contributed by atoms with van der Waals surface area (Å²) in [5.74, 6) is -1.13. The maximum absolute atomic E-state index is 11.4. The van der Waals surface area contributed by atoms with Crippen molar-refractivity contribution in [1.82, 2.24) is 5.06 Å². The predicted molar refractivity (Wildman–Crippen MR) is 59.3 cm³/mol. The third-order valence-corrected chi connectivity index (χ3v) is 3.21. The van der Waals surface area contributed by atoms with E-state index in [1.807, 2.05) is 0 Å². The van der Waals surface area contributed by atoms with E-state index < -0.39 is 23.5 Å². The first kappa shape index (κ1) is 13.3. The summed E-state index contributed by atoms with van der Waals surface area (Å²) in [6, 6.07) is 0. The molecule has 104 valence electrons. The predicted octanol–water partition coefficient (Wildman–Crippen LogP) is 0.229. The van der Waals surface area contributed by atoms with Crippen LogP contribution in [0.15, 0.2) is 0 Å². The van der Waals surface area contributed by atoms with Crippen LogP contribution < -0.4 is 0 Å². The normalized spacial score (nSPS) is 26.6. The summed E-state index contributed by atoms with van der Waals surface area (Å²) in [6.07, 6.45) is 1.81. The van der Waals surface area contributed by atoms with Gasteiger partial charge >= 0.3 is 6.16 Å². The Hall–Kier alpha value is -2.12. The number of hydrogen-bond donors (Lipinski definition) is 1. The lowest BCUT2D eigenvalue weighted by atomic mass is 10.0. The van der Waals surface area contributed by atoms with Gasteiger partial charge in [-0.2, -0.15) is 0 Å². The topological polar surface area (TPSA) is 96.2 Å². The fourth-order valence-electron chi connectivity index (χ4n) is 1.94. The standard InChI is InChI=1S/C11H15N2O6/c1-11(5-2-6-12(11)17)7-18-10(16)19-13-8(14)3-4-9(13)15/h6,17H,2-5,7H2,1H3/q+1. The first-order valence-corrected chi connectivity index (χ1v) is 5.94. The summed E-state index contributed by atoms with van der Waals surface area (Å²) >= 11 is 0. The quantitative estimate of drug-likeness (QED) is 0.341. The van der Waals surface area contributed by atoms with Gasteiger partial charge in [-0.05, 0) is 4.74 Å². The van der Waals surface area contributed by atoms with Gasteiger partial charge in [0.2, 0.25) is 5.54 Å². The van der Waals surface area contributed by atoms with Crippen molar-refractivity contribution in [3.8, 4) is 0 Å². The largest absolute Gasteiger partial charge is 0.534 e. The van der Waals surface area contributed by atoms with Gasteiger partial charge in [-0.3, -0.25) is 19.6 Å². The van der Waals surface area contributed by atoms with Gasteiger partial charge in [0.15, 0.2) is 12.8 Å². The maximum atomic E-state index is 11.4. The van der Waals surface area contributed by atoms with Crippen molar-refractivity contribution in [3.63, 3.8) is 0 Å². The second kappa shape index (κ2) is 4.87. The lowest BCUT2D eigenvalue weighted by Gasteiger charge is -2.17. The van der Waals surface area contributed by atoms with Gasteiger partial charge in [-0.15, -0.1) is 0 Å². The number of amides is 2. The second-order valence-electron chi connectivity index (χ2n) is 4.77. The molecule has 0 spiro atoms. The number of imide groups is 1. The summed E-state index contributed by atoms with van der Waals surface area (Å²) < 4.78 is 5.82. The van der Waals surface area contributed by atoms with Crippen molar-refractivity contribution < 1.29 is 33.9 Å². The average molecular weight is 271 g/mol. The highest BCUT2D eigenvalue weighted by Gasteiger charge is 2.43. The fourth-order valence-corrected chi connectivity index (χ4v) is 1.94. The molecule has 0 saturated carbocycles. The molecule has 19 heavy (non-hydrogen) atoms. The van der Waals surface area contributed by atoms with Crippen LogP contribution in [0, 0.1) is 0 Å². The number of carbonyl (C=O) groups excluding carboxylic acids is 3. The second-order valence-corrected chi connectivity index (χ2v) is 4.77. The fraction of sp³-hybridized carbons (Fsp3) is 0.636. The first-order valence-electron chi connectivity index (χ1n) is 5.94. The Morgan fingerprint density at radius 2 is 2.11 bits per heavy atom. The van der Waals surface area contributed by atoms with Crippen molar-refractivity contribution >= 4 is 24.2 Å². The molecule has 2 heterocycles. The minimum absolute atomic E-state index is 0.0310. The Bertz CT molecular complexity index is 444. The number of hydroxylamine groups is 3. The summed E-state index contributed by atoms with van der Waals surface area (Å²) in [7, 11) is 0. The zero-order chi connectivity index (χ0) is 14.0. The van der Waals surface area contributed by atoms with Crippen LogP contribution in [0.3, 0.4) is 0 Å². The van der Waals surface area contributed by atoms with Gasteiger partial charge < -0.3 is 4.74 Å². The molecule has 2 aliphatic rings. The van der Waals surface area contributed by atoms with Crippen LogP contribution in [-0.4, -0.2) is 51.3 Å². The summed E-state index contributed by atoms with van der Waals surface area (Å²) in [4.78, 5) is 38.4. The average Bonchev–Trinajstić information content (AvgIpc) is 2.85. The van der Waals surface area contributed by atoms with Crippen molar-refractivity contribution in [1.29, 1.82) is 0 Å². The van der Waals surface area contributed by atoms with Crippen molar-refractivity contribution in [3.05, 3.63) is 0 Å². The molecule has 1 saturated heterocycles. The molecule has 8 nitrogen and oxygen atoms in total. The van der Waals surface area contributed by atoms with Crippen molar-refractivity contribution in [2.45, 2.75) is 38.1 Å². The number of ether oxygens (including phenoxy) is 1. The Labute approximate surface area is 109 Å². The van der Waals surface area contributed by atoms with Crippen LogP contribution in [0.25, 0.3) is 0 Å². The number of nitrogens with zero attached hydrogens (tertiary/aromatic N) is 2. The Kier molecular flexibility index (Phi) is 3.41. The summed E-state index contributed by atoms with van der Waals surface area (Å²) in [5, 5.41) is 9.98. The molecule has 2 rings (SSSR count). The van der Waals surface area contributed by atoms with E-state index in [2.05, 4.69) is 4.84 Å². The molecule has 0 aromatic carbocycles. The molecular weight excluding hydrogens is 256 g/mol. The minimum atomic E-state index is -1.13. The van der Waals surface area contributed by atoms with E-state index in [1.54, 1.807) is 13.1 Å². The molecule has 0 aromatic rings. The molecule has 1 atom stereocenters. The van der Waals surface area contributed by atoms with E-state index in [-0.39, 0.29) is 19.4 Å². The number of hydrogen-bond acceptors (Lipinski definition) is 6. The molecule has 8 heteroatoms. The van der Waals surface area contributed by atoms with Crippen LogP contribution in [-0.2, 0) is 19.2 Å². The van der Waals surface area contributed by atoms with Gasteiger partial charge in [-0.25, -0.2) is 4.79 Å². The van der Waals surface area contributed by atoms with E-state index in [1.165, 1.54) is 0 Å². The zero-order valence-corrected chi connectivity index (χ0v) is 10.5. The number of carbonyl (C=O) groups is 3. The molecule has 2 aliphatic heterocycles. The van der Waals surface area contributed by atoms with Crippen molar-refractivity contribution in [2.24, 2.45) is 0 Å². The molecule has 0 radical (unpaired) electrons. The summed E-state index contributed by atoms with van der Waals surface area (Å²) in [5.41, 5.74) is -0.710. The highest BCUT2D eigenvalue weighted by Crippen LogP contribution is 2.21. The lowest BCUT2D eigenvalue weighted by Crippen LogP contribution is -2.40. The first-order chi connectivity index (χ1) is 8.92. The third-order valence-electron chi connectivity index (χ3n) is 3.21. The van der Waals surface area contributed by atoms with Gasteiger partial charge in [0.05, 0.1) is 0 Å². The Balaban J connectivity index is 1.84. The van der Waals surface area contributed by atoms with Crippen LogP contribution >= 0.6 is 0 Å². The van der Waals surface area contributed by atoms with E-state index >= 15 is 0 Å². The van der Waals surface area contributed by atoms with Gasteiger partial charge in [0.25, 0.3) is 11.8 Å². The van der Waals surface area contributed by atoms with Crippen LogP contribution in [0.5, 0.6) is 0 Å².